The van der Waals surface area contributed by atoms with Crippen LogP contribution in [0.3, 0.4) is 0 Å². The normalized spacial score (nSPS) is 11.9. The van der Waals surface area contributed by atoms with Crippen molar-refractivity contribution < 1.29 is 4.92 Å². The van der Waals surface area contributed by atoms with Gasteiger partial charge in [-0.2, -0.15) is 5.26 Å². The van der Waals surface area contributed by atoms with Crippen molar-refractivity contribution in [3.05, 3.63) is 33.9 Å². The third-order valence-electron chi connectivity index (χ3n) is 2.91. The molecule has 0 spiro atoms. The second kappa shape index (κ2) is 7.46. The number of nitrogens with zero attached hydrogens (tertiary/aromatic N) is 3. The summed E-state index contributed by atoms with van der Waals surface area (Å²) in [5, 5.41) is 22.9. The Kier molecular flexibility index (Phi) is 5.94. The summed E-state index contributed by atoms with van der Waals surface area (Å²) < 4.78 is 0. The Morgan fingerprint density at radius 2 is 2.25 bits per heavy atom. The number of hydrogen-bond acceptors (Lipinski definition) is 5. The van der Waals surface area contributed by atoms with Crippen LogP contribution < -0.4 is 5.32 Å². The molecule has 1 unspecified atom stereocenters. The standard InChI is InChI=1S/C14H20N4O2/c1-4-16-14-6-5-13(18(19)20)7-12(14)10-17(3)9-11(2)8-15/h5-7,11,16H,4,9-10H2,1-3H3. The van der Waals surface area contributed by atoms with Gasteiger partial charge in [0, 0.05) is 37.5 Å². The minimum Gasteiger partial charge on any atom is -0.385 e. The molecule has 0 amide bonds. The van der Waals surface area contributed by atoms with Crippen LogP contribution in [0.4, 0.5) is 11.4 Å². The summed E-state index contributed by atoms with van der Waals surface area (Å²) >= 11 is 0. The number of hydrogen-bond donors (Lipinski definition) is 1. The summed E-state index contributed by atoms with van der Waals surface area (Å²) in [5.74, 6) is -0.0683. The number of anilines is 1. The van der Waals surface area contributed by atoms with E-state index in [9.17, 15) is 10.1 Å². The predicted molar refractivity (Wildman–Crippen MR) is 78.4 cm³/mol. The second-order valence-corrected chi connectivity index (χ2v) is 4.86. The van der Waals surface area contributed by atoms with E-state index in [0.29, 0.717) is 13.1 Å². The molecule has 0 aromatic heterocycles. The van der Waals surface area contributed by atoms with Crippen molar-refractivity contribution in [2.75, 3.05) is 25.5 Å². The van der Waals surface area contributed by atoms with Crippen molar-refractivity contribution in [2.45, 2.75) is 20.4 Å². The lowest BCUT2D eigenvalue weighted by molar-refractivity contribution is -0.384. The van der Waals surface area contributed by atoms with E-state index in [1.165, 1.54) is 6.07 Å². The highest BCUT2D eigenvalue weighted by atomic mass is 16.6. The average molecular weight is 276 g/mol. The number of benzene rings is 1. The molecular weight excluding hydrogens is 256 g/mol. The van der Waals surface area contributed by atoms with Crippen molar-refractivity contribution in [1.82, 2.24) is 4.90 Å². The Balaban J connectivity index is 2.92. The Morgan fingerprint density at radius 1 is 1.55 bits per heavy atom. The molecule has 0 heterocycles. The lowest BCUT2D eigenvalue weighted by Crippen LogP contribution is -2.24. The highest BCUT2D eigenvalue weighted by Gasteiger charge is 2.13. The van der Waals surface area contributed by atoms with Crippen LogP contribution >= 0.6 is 0 Å². The summed E-state index contributed by atoms with van der Waals surface area (Å²) in [6.07, 6.45) is 0. The summed E-state index contributed by atoms with van der Waals surface area (Å²) in [4.78, 5) is 12.5. The van der Waals surface area contributed by atoms with Crippen LogP contribution in [0.1, 0.15) is 19.4 Å². The zero-order valence-electron chi connectivity index (χ0n) is 12.1. The number of nitrogens with one attached hydrogen (secondary N) is 1. The first-order chi connectivity index (χ1) is 9.47. The van der Waals surface area contributed by atoms with Crippen molar-refractivity contribution in [2.24, 2.45) is 5.92 Å². The minimum atomic E-state index is -0.392. The maximum absolute atomic E-state index is 10.9. The highest BCUT2D eigenvalue weighted by molar-refractivity contribution is 5.56. The lowest BCUT2D eigenvalue weighted by Gasteiger charge is -2.20. The molecule has 20 heavy (non-hydrogen) atoms. The van der Waals surface area contributed by atoms with Gasteiger partial charge in [-0.1, -0.05) is 0 Å². The zero-order chi connectivity index (χ0) is 15.1. The molecule has 0 saturated heterocycles. The molecule has 0 fully saturated rings. The van der Waals surface area contributed by atoms with Crippen molar-refractivity contribution in [3.8, 4) is 6.07 Å². The number of nitriles is 1. The molecule has 1 rings (SSSR count). The number of non-ortho nitro benzene ring substituents is 1. The molecule has 1 atom stereocenters. The van der Waals surface area contributed by atoms with E-state index >= 15 is 0 Å². The van der Waals surface area contributed by atoms with Gasteiger partial charge in [-0.15, -0.1) is 0 Å². The fraction of sp³-hybridized carbons (Fsp3) is 0.500. The quantitative estimate of drug-likeness (QED) is 0.611. The van der Waals surface area contributed by atoms with Gasteiger partial charge in [-0.3, -0.25) is 10.1 Å². The first-order valence-electron chi connectivity index (χ1n) is 6.57. The van der Waals surface area contributed by atoms with Gasteiger partial charge in [0.15, 0.2) is 0 Å². The van der Waals surface area contributed by atoms with Gasteiger partial charge in [0.2, 0.25) is 0 Å². The molecule has 0 saturated carbocycles. The second-order valence-electron chi connectivity index (χ2n) is 4.86. The van der Waals surface area contributed by atoms with Gasteiger partial charge in [0.05, 0.1) is 16.9 Å². The summed E-state index contributed by atoms with van der Waals surface area (Å²) in [5.41, 5.74) is 1.85. The van der Waals surface area contributed by atoms with Gasteiger partial charge >= 0.3 is 0 Å². The Bertz CT molecular complexity index is 510. The van der Waals surface area contributed by atoms with Gasteiger partial charge in [-0.25, -0.2) is 0 Å². The number of rotatable bonds is 7. The topological polar surface area (TPSA) is 82.2 Å². The molecule has 0 aliphatic rings. The summed E-state index contributed by atoms with van der Waals surface area (Å²) in [6, 6.07) is 7.01. The summed E-state index contributed by atoms with van der Waals surface area (Å²) in [6.45, 7) is 5.78. The van der Waals surface area contributed by atoms with E-state index in [2.05, 4.69) is 11.4 Å². The maximum atomic E-state index is 10.9. The van der Waals surface area contributed by atoms with E-state index in [4.69, 9.17) is 5.26 Å². The van der Waals surface area contributed by atoms with Crippen LogP contribution in [0.25, 0.3) is 0 Å². The van der Waals surface area contributed by atoms with Gasteiger partial charge < -0.3 is 10.2 Å². The molecule has 0 aliphatic heterocycles. The van der Waals surface area contributed by atoms with Crippen LogP contribution in [0, 0.1) is 27.4 Å². The molecule has 1 aromatic rings. The fourth-order valence-corrected chi connectivity index (χ4v) is 2.05. The van der Waals surface area contributed by atoms with Crippen LogP contribution in [-0.4, -0.2) is 30.0 Å². The highest BCUT2D eigenvalue weighted by Crippen LogP contribution is 2.23. The van der Waals surface area contributed by atoms with Gasteiger partial charge in [0.1, 0.15) is 0 Å². The smallest absolute Gasteiger partial charge is 0.269 e. The van der Waals surface area contributed by atoms with E-state index < -0.39 is 4.92 Å². The first kappa shape index (κ1) is 15.9. The monoisotopic (exact) mass is 276 g/mol. The Labute approximate surface area is 119 Å². The van der Waals surface area contributed by atoms with Crippen molar-refractivity contribution in [1.29, 1.82) is 5.26 Å². The number of nitro benzene ring substituents is 1. The van der Waals surface area contributed by atoms with E-state index in [0.717, 1.165) is 17.8 Å². The van der Waals surface area contributed by atoms with Crippen LogP contribution in [0.15, 0.2) is 18.2 Å². The third kappa shape index (κ3) is 4.52. The third-order valence-corrected chi connectivity index (χ3v) is 2.91. The van der Waals surface area contributed by atoms with Gasteiger partial charge in [-0.05, 0) is 32.5 Å². The van der Waals surface area contributed by atoms with Crippen LogP contribution in [-0.2, 0) is 6.54 Å². The van der Waals surface area contributed by atoms with E-state index in [1.807, 2.05) is 25.8 Å². The lowest BCUT2D eigenvalue weighted by atomic mass is 10.1. The van der Waals surface area contributed by atoms with Gasteiger partial charge in [0.25, 0.3) is 5.69 Å². The Hall–Kier alpha value is -2.13. The molecule has 0 bridgehead atoms. The largest absolute Gasteiger partial charge is 0.385 e. The fourth-order valence-electron chi connectivity index (χ4n) is 2.05. The van der Waals surface area contributed by atoms with Crippen LogP contribution in [0.2, 0.25) is 0 Å². The van der Waals surface area contributed by atoms with Crippen molar-refractivity contribution >= 4 is 11.4 Å². The molecule has 108 valence electrons. The van der Waals surface area contributed by atoms with E-state index in [-0.39, 0.29) is 11.6 Å². The Morgan fingerprint density at radius 3 is 2.80 bits per heavy atom. The average Bonchev–Trinajstić information content (AvgIpc) is 2.40. The first-order valence-corrected chi connectivity index (χ1v) is 6.57. The molecule has 6 heteroatoms. The minimum absolute atomic E-state index is 0.0683. The predicted octanol–water partition coefficient (Wildman–Crippen LogP) is 2.62. The molecule has 6 nitrogen and oxygen atoms in total. The molecule has 1 N–H and O–H groups in total. The van der Waals surface area contributed by atoms with Crippen molar-refractivity contribution in [3.63, 3.8) is 0 Å². The van der Waals surface area contributed by atoms with Crippen LogP contribution in [0.5, 0.6) is 0 Å². The molecule has 0 radical (unpaired) electrons. The molecule has 1 aromatic carbocycles. The molecular formula is C14H20N4O2. The zero-order valence-corrected chi connectivity index (χ0v) is 12.1. The summed E-state index contributed by atoms with van der Waals surface area (Å²) in [7, 11) is 1.91. The van der Waals surface area contributed by atoms with E-state index in [1.54, 1.807) is 12.1 Å². The SMILES string of the molecule is CCNc1ccc([N+](=O)[O-])cc1CN(C)CC(C)C#N. The molecule has 0 aliphatic carbocycles. The maximum Gasteiger partial charge on any atom is 0.269 e. The number of nitro groups is 1.